The fraction of sp³-hybridized carbons (Fsp3) is 0.154. The molecule has 4 heteroatoms. The Bertz CT molecular complexity index is 590. The topological polar surface area (TPSA) is 36.1 Å². The normalized spacial score (nSPS) is 10.3. The van der Waals surface area contributed by atoms with Crippen LogP contribution in [0.4, 0.5) is 5.69 Å². The van der Waals surface area contributed by atoms with Crippen molar-refractivity contribution in [3.05, 3.63) is 51.8 Å². The minimum absolute atomic E-state index is 0.206. The van der Waals surface area contributed by atoms with Crippen molar-refractivity contribution in [2.75, 3.05) is 19.0 Å². The number of H-pyrrole nitrogens is 1. The third kappa shape index (κ3) is 2.50. The summed E-state index contributed by atoms with van der Waals surface area (Å²) in [4.78, 5) is 16.2. The quantitative estimate of drug-likeness (QED) is 0.887. The van der Waals surface area contributed by atoms with Crippen LogP contribution in [0.2, 0.25) is 5.02 Å². The van der Waals surface area contributed by atoms with E-state index in [1.54, 1.807) is 12.1 Å². The SMILES string of the molecule is CN(C)c1cccc(-c2ccc(Cl)c(=O)[nH]2)c1. The van der Waals surface area contributed by atoms with Crippen LogP contribution >= 0.6 is 11.6 Å². The maximum absolute atomic E-state index is 11.4. The van der Waals surface area contributed by atoms with Gasteiger partial charge < -0.3 is 9.88 Å². The average molecular weight is 249 g/mol. The molecule has 17 heavy (non-hydrogen) atoms. The standard InChI is InChI=1S/C13H13ClN2O/c1-16(2)10-5-3-4-9(8-10)12-7-6-11(14)13(17)15-12/h3-8H,1-2H3,(H,15,17). The lowest BCUT2D eigenvalue weighted by Gasteiger charge is -2.13. The van der Waals surface area contributed by atoms with Crippen molar-refractivity contribution >= 4 is 17.3 Å². The number of nitrogens with one attached hydrogen (secondary N) is 1. The first-order valence-electron chi connectivity index (χ1n) is 5.24. The highest BCUT2D eigenvalue weighted by atomic mass is 35.5. The number of anilines is 1. The van der Waals surface area contributed by atoms with Gasteiger partial charge in [0.1, 0.15) is 5.02 Å². The molecule has 0 radical (unpaired) electrons. The number of hydrogen-bond acceptors (Lipinski definition) is 2. The molecule has 0 spiro atoms. The molecule has 1 heterocycles. The summed E-state index contributed by atoms with van der Waals surface area (Å²) in [5.74, 6) is 0. The minimum atomic E-state index is -0.264. The van der Waals surface area contributed by atoms with Crippen LogP contribution in [0, 0.1) is 0 Å². The third-order valence-electron chi connectivity index (χ3n) is 2.53. The maximum atomic E-state index is 11.4. The second-order valence-corrected chi connectivity index (χ2v) is 4.40. The third-order valence-corrected chi connectivity index (χ3v) is 2.83. The summed E-state index contributed by atoms with van der Waals surface area (Å²) in [5, 5.41) is 0.206. The Morgan fingerprint density at radius 3 is 2.59 bits per heavy atom. The fourth-order valence-corrected chi connectivity index (χ4v) is 1.69. The molecule has 1 aromatic heterocycles. The number of rotatable bonds is 2. The van der Waals surface area contributed by atoms with Crippen LogP contribution in [0.15, 0.2) is 41.2 Å². The van der Waals surface area contributed by atoms with Gasteiger partial charge >= 0.3 is 0 Å². The number of aromatic amines is 1. The molecule has 0 amide bonds. The molecule has 0 aliphatic rings. The number of nitrogens with zero attached hydrogens (tertiary/aromatic N) is 1. The van der Waals surface area contributed by atoms with Crippen LogP contribution in [0.25, 0.3) is 11.3 Å². The van der Waals surface area contributed by atoms with Crippen LogP contribution in [0.1, 0.15) is 0 Å². The Morgan fingerprint density at radius 2 is 1.94 bits per heavy atom. The van der Waals surface area contributed by atoms with Crippen molar-refractivity contribution in [3.8, 4) is 11.3 Å². The van der Waals surface area contributed by atoms with E-state index in [2.05, 4.69) is 4.98 Å². The minimum Gasteiger partial charge on any atom is -0.378 e. The highest BCUT2D eigenvalue weighted by Crippen LogP contribution is 2.21. The van der Waals surface area contributed by atoms with Gasteiger partial charge in [-0.1, -0.05) is 23.7 Å². The van der Waals surface area contributed by atoms with Crippen molar-refractivity contribution in [1.82, 2.24) is 4.98 Å². The first-order chi connectivity index (χ1) is 8.08. The lowest BCUT2D eigenvalue weighted by molar-refractivity contribution is 1.13. The molecule has 0 saturated heterocycles. The van der Waals surface area contributed by atoms with E-state index in [1.807, 2.05) is 43.3 Å². The van der Waals surface area contributed by atoms with Crippen molar-refractivity contribution in [2.45, 2.75) is 0 Å². The number of pyridine rings is 1. The summed E-state index contributed by atoms with van der Waals surface area (Å²) in [6, 6.07) is 11.3. The monoisotopic (exact) mass is 248 g/mol. The molecular weight excluding hydrogens is 236 g/mol. The maximum Gasteiger partial charge on any atom is 0.267 e. The molecule has 0 aliphatic heterocycles. The molecule has 1 N–H and O–H groups in total. The summed E-state index contributed by atoms with van der Waals surface area (Å²) in [6.45, 7) is 0. The van der Waals surface area contributed by atoms with Crippen molar-refractivity contribution in [1.29, 1.82) is 0 Å². The van der Waals surface area contributed by atoms with E-state index < -0.39 is 0 Å². The first-order valence-corrected chi connectivity index (χ1v) is 5.62. The molecule has 0 atom stereocenters. The van der Waals surface area contributed by atoms with Gasteiger partial charge in [0.25, 0.3) is 5.56 Å². The van der Waals surface area contributed by atoms with E-state index in [-0.39, 0.29) is 10.6 Å². The van der Waals surface area contributed by atoms with E-state index in [1.165, 1.54) is 0 Å². The number of hydrogen-bond donors (Lipinski definition) is 1. The summed E-state index contributed by atoms with van der Waals surface area (Å²) < 4.78 is 0. The van der Waals surface area contributed by atoms with E-state index in [0.29, 0.717) is 0 Å². The van der Waals surface area contributed by atoms with Crippen LogP contribution < -0.4 is 10.5 Å². The lowest BCUT2D eigenvalue weighted by Crippen LogP contribution is -2.09. The summed E-state index contributed by atoms with van der Waals surface area (Å²) in [5.41, 5.74) is 2.55. The van der Waals surface area contributed by atoms with E-state index in [4.69, 9.17) is 11.6 Å². The van der Waals surface area contributed by atoms with Crippen LogP contribution in [-0.4, -0.2) is 19.1 Å². The van der Waals surface area contributed by atoms with Gasteiger partial charge in [-0.3, -0.25) is 4.79 Å². The Labute approximate surface area is 105 Å². The second-order valence-electron chi connectivity index (χ2n) is 3.99. The van der Waals surface area contributed by atoms with Gasteiger partial charge in [0.05, 0.1) is 0 Å². The average Bonchev–Trinajstić information content (AvgIpc) is 2.33. The van der Waals surface area contributed by atoms with E-state index in [0.717, 1.165) is 16.9 Å². The van der Waals surface area contributed by atoms with Crippen LogP contribution in [-0.2, 0) is 0 Å². The van der Waals surface area contributed by atoms with E-state index in [9.17, 15) is 4.79 Å². The molecule has 0 fully saturated rings. The Hall–Kier alpha value is -1.74. The number of halogens is 1. The van der Waals surface area contributed by atoms with Gasteiger partial charge in [0.2, 0.25) is 0 Å². The number of aromatic nitrogens is 1. The predicted molar refractivity (Wildman–Crippen MR) is 71.8 cm³/mol. The zero-order valence-electron chi connectivity index (χ0n) is 9.70. The molecule has 0 bridgehead atoms. The molecule has 0 aliphatic carbocycles. The van der Waals surface area contributed by atoms with Crippen molar-refractivity contribution < 1.29 is 0 Å². The zero-order chi connectivity index (χ0) is 12.4. The van der Waals surface area contributed by atoms with Gasteiger partial charge in [0, 0.05) is 31.0 Å². The van der Waals surface area contributed by atoms with Gasteiger partial charge in [0.15, 0.2) is 0 Å². The van der Waals surface area contributed by atoms with Crippen LogP contribution in [0.5, 0.6) is 0 Å². The molecular formula is C13H13ClN2O. The largest absolute Gasteiger partial charge is 0.378 e. The molecule has 1 aromatic carbocycles. The highest BCUT2D eigenvalue weighted by molar-refractivity contribution is 6.30. The highest BCUT2D eigenvalue weighted by Gasteiger charge is 2.03. The van der Waals surface area contributed by atoms with Gasteiger partial charge in [-0.2, -0.15) is 0 Å². The number of benzene rings is 1. The summed E-state index contributed by atoms with van der Waals surface area (Å²) in [6.07, 6.45) is 0. The molecule has 2 rings (SSSR count). The second kappa shape index (κ2) is 4.63. The summed E-state index contributed by atoms with van der Waals surface area (Å²) in [7, 11) is 3.95. The van der Waals surface area contributed by atoms with Gasteiger partial charge in [-0.25, -0.2) is 0 Å². The van der Waals surface area contributed by atoms with Crippen LogP contribution in [0.3, 0.4) is 0 Å². The predicted octanol–water partition coefficient (Wildman–Crippen LogP) is 2.76. The Morgan fingerprint density at radius 1 is 1.18 bits per heavy atom. The Kier molecular flexibility index (Phi) is 3.20. The molecule has 3 nitrogen and oxygen atoms in total. The fourth-order valence-electron chi connectivity index (χ4n) is 1.58. The first kappa shape index (κ1) is 11.7. The Balaban J connectivity index is 2.49. The van der Waals surface area contributed by atoms with E-state index >= 15 is 0 Å². The molecule has 2 aromatic rings. The zero-order valence-corrected chi connectivity index (χ0v) is 10.5. The van der Waals surface area contributed by atoms with Gasteiger partial charge in [-0.05, 0) is 24.3 Å². The molecule has 0 saturated carbocycles. The lowest BCUT2D eigenvalue weighted by atomic mass is 10.1. The van der Waals surface area contributed by atoms with Crippen molar-refractivity contribution in [3.63, 3.8) is 0 Å². The summed E-state index contributed by atoms with van der Waals surface area (Å²) >= 11 is 5.70. The van der Waals surface area contributed by atoms with Crippen molar-refractivity contribution in [2.24, 2.45) is 0 Å². The smallest absolute Gasteiger partial charge is 0.267 e. The van der Waals surface area contributed by atoms with Gasteiger partial charge in [-0.15, -0.1) is 0 Å². The molecule has 88 valence electrons. The molecule has 0 unspecified atom stereocenters.